The van der Waals surface area contributed by atoms with E-state index < -0.39 is 22.5 Å². The maximum Gasteiger partial charge on any atom is 0.264 e. The van der Waals surface area contributed by atoms with Gasteiger partial charge in [0.2, 0.25) is 5.91 Å². The molecule has 0 aliphatic carbocycles. The van der Waals surface area contributed by atoms with E-state index in [2.05, 4.69) is 0 Å². The lowest BCUT2D eigenvalue weighted by Crippen LogP contribution is -2.38. The molecule has 116 valence electrons. The number of sulfonamides is 1. The molecule has 0 aliphatic rings. The fraction of sp³-hybridized carbons (Fsp3) is 0.188. The molecule has 0 radical (unpaired) electrons. The van der Waals surface area contributed by atoms with Gasteiger partial charge in [-0.2, -0.15) is 0 Å². The molecule has 0 unspecified atom stereocenters. The molecule has 0 saturated heterocycles. The minimum atomic E-state index is -3.85. The van der Waals surface area contributed by atoms with Crippen LogP contribution in [0.5, 0.6) is 0 Å². The number of nitrogens with zero attached hydrogens (tertiary/aromatic N) is 1. The molecule has 2 aromatic carbocycles. The van der Waals surface area contributed by atoms with Gasteiger partial charge in [0.25, 0.3) is 10.0 Å². The van der Waals surface area contributed by atoms with Crippen molar-refractivity contribution in [3.63, 3.8) is 0 Å². The molecule has 0 saturated carbocycles. The van der Waals surface area contributed by atoms with Crippen molar-refractivity contribution >= 4 is 21.6 Å². The van der Waals surface area contributed by atoms with Gasteiger partial charge in [-0.05, 0) is 38.1 Å². The van der Waals surface area contributed by atoms with Crippen molar-refractivity contribution in [1.82, 2.24) is 0 Å². The molecule has 0 fully saturated rings. The van der Waals surface area contributed by atoms with E-state index in [1.165, 1.54) is 12.1 Å². The molecule has 1 amide bonds. The van der Waals surface area contributed by atoms with Gasteiger partial charge in [-0.15, -0.1) is 0 Å². The van der Waals surface area contributed by atoms with Crippen LogP contribution in [-0.2, 0) is 14.8 Å². The summed E-state index contributed by atoms with van der Waals surface area (Å²) in [4.78, 5) is 11.4. The van der Waals surface area contributed by atoms with E-state index in [1.807, 2.05) is 13.8 Å². The number of amides is 1. The number of hydrogen-bond donors (Lipinski definition) is 1. The highest BCUT2D eigenvalue weighted by Gasteiger charge is 2.26. The van der Waals surface area contributed by atoms with Crippen molar-refractivity contribution in [3.8, 4) is 0 Å². The summed E-state index contributed by atoms with van der Waals surface area (Å²) < 4.78 is 26.6. The van der Waals surface area contributed by atoms with Gasteiger partial charge in [-0.25, -0.2) is 8.42 Å². The van der Waals surface area contributed by atoms with Crippen molar-refractivity contribution < 1.29 is 13.2 Å². The molecule has 2 rings (SSSR count). The van der Waals surface area contributed by atoms with Crippen LogP contribution in [-0.4, -0.2) is 20.9 Å². The zero-order valence-electron chi connectivity index (χ0n) is 12.5. The number of benzene rings is 2. The van der Waals surface area contributed by atoms with Crippen LogP contribution in [0.1, 0.15) is 11.1 Å². The molecule has 0 bridgehead atoms. The van der Waals surface area contributed by atoms with Crippen LogP contribution in [0.3, 0.4) is 0 Å². The number of nitrogens with two attached hydrogens (primary N) is 1. The minimum absolute atomic E-state index is 0.125. The molecule has 5 nitrogen and oxygen atoms in total. The van der Waals surface area contributed by atoms with Gasteiger partial charge in [-0.3, -0.25) is 9.10 Å². The van der Waals surface area contributed by atoms with Crippen LogP contribution < -0.4 is 10.0 Å². The second kappa shape index (κ2) is 6.19. The van der Waals surface area contributed by atoms with Crippen LogP contribution in [0, 0.1) is 13.8 Å². The van der Waals surface area contributed by atoms with Gasteiger partial charge in [0.1, 0.15) is 6.54 Å². The summed E-state index contributed by atoms with van der Waals surface area (Å²) in [6.07, 6.45) is 0. The van der Waals surface area contributed by atoms with Crippen molar-refractivity contribution in [2.45, 2.75) is 18.7 Å². The fourth-order valence-corrected chi connectivity index (χ4v) is 3.44. The predicted molar refractivity (Wildman–Crippen MR) is 86.1 cm³/mol. The first-order valence-corrected chi connectivity index (χ1v) is 8.19. The van der Waals surface area contributed by atoms with E-state index in [0.29, 0.717) is 5.69 Å². The second-order valence-electron chi connectivity index (χ2n) is 5.13. The quantitative estimate of drug-likeness (QED) is 0.915. The summed E-state index contributed by atoms with van der Waals surface area (Å²) in [6.45, 7) is 3.37. The summed E-state index contributed by atoms with van der Waals surface area (Å²) >= 11 is 0. The van der Waals surface area contributed by atoms with Crippen LogP contribution in [0.4, 0.5) is 5.69 Å². The third-order valence-electron chi connectivity index (χ3n) is 3.23. The number of rotatable bonds is 5. The van der Waals surface area contributed by atoms with Crippen molar-refractivity contribution in [2.24, 2.45) is 5.73 Å². The molecule has 6 heteroatoms. The first kappa shape index (κ1) is 16.0. The molecule has 2 N–H and O–H groups in total. The Bertz CT molecular complexity index is 766. The average Bonchev–Trinajstić information content (AvgIpc) is 2.46. The number of aryl methyl sites for hydroxylation is 2. The zero-order chi connectivity index (χ0) is 16.3. The SMILES string of the molecule is Cc1ccc(N(CC(N)=O)S(=O)(=O)c2ccc(C)cc2)cc1. The first-order valence-electron chi connectivity index (χ1n) is 6.75. The van der Waals surface area contributed by atoms with Crippen molar-refractivity contribution in [3.05, 3.63) is 59.7 Å². The second-order valence-corrected chi connectivity index (χ2v) is 6.99. The van der Waals surface area contributed by atoms with Crippen LogP contribution in [0.25, 0.3) is 0 Å². The Morgan fingerprint density at radius 1 is 0.955 bits per heavy atom. The molecule has 0 spiro atoms. The van der Waals surface area contributed by atoms with Gasteiger partial charge in [-0.1, -0.05) is 35.4 Å². The maximum absolute atomic E-state index is 12.8. The van der Waals surface area contributed by atoms with Crippen LogP contribution >= 0.6 is 0 Å². The highest BCUT2D eigenvalue weighted by atomic mass is 32.2. The number of hydrogen-bond acceptors (Lipinski definition) is 3. The summed E-state index contributed by atoms with van der Waals surface area (Å²) in [5.41, 5.74) is 7.57. The number of carbonyl (C=O) groups is 1. The van der Waals surface area contributed by atoms with Gasteiger partial charge in [0.05, 0.1) is 10.6 Å². The molecule has 0 aromatic heterocycles. The Labute approximate surface area is 130 Å². The number of anilines is 1. The van der Waals surface area contributed by atoms with E-state index in [1.54, 1.807) is 36.4 Å². The molecule has 0 heterocycles. The fourth-order valence-electron chi connectivity index (χ4n) is 2.01. The third kappa shape index (κ3) is 3.46. The lowest BCUT2D eigenvalue weighted by molar-refractivity contribution is -0.116. The predicted octanol–water partition coefficient (Wildman–Crippen LogP) is 1.98. The molecular formula is C16H18N2O3S. The molecule has 22 heavy (non-hydrogen) atoms. The normalized spacial score (nSPS) is 11.2. The van der Waals surface area contributed by atoms with E-state index in [0.717, 1.165) is 15.4 Å². The molecule has 2 aromatic rings. The number of carbonyl (C=O) groups excluding carboxylic acids is 1. The molecule has 0 atom stereocenters. The summed E-state index contributed by atoms with van der Waals surface area (Å²) in [5, 5.41) is 0. The Hall–Kier alpha value is -2.34. The van der Waals surface area contributed by atoms with E-state index in [4.69, 9.17) is 5.73 Å². The van der Waals surface area contributed by atoms with Crippen molar-refractivity contribution in [2.75, 3.05) is 10.8 Å². The van der Waals surface area contributed by atoms with Crippen LogP contribution in [0.15, 0.2) is 53.4 Å². The van der Waals surface area contributed by atoms with Gasteiger partial charge in [0.15, 0.2) is 0 Å². The largest absolute Gasteiger partial charge is 0.368 e. The Balaban J connectivity index is 2.50. The lowest BCUT2D eigenvalue weighted by Gasteiger charge is -2.23. The third-order valence-corrected chi connectivity index (χ3v) is 5.02. The summed E-state index contributed by atoms with van der Waals surface area (Å²) in [7, 11) is -3.85. The van der Waals surface area contributed by atoms with Gasteiger partial charge >= 0.3 is 0 Å². The lowest BCUT2D eigenvalue weighted by atomic mass is 10.2. The Kier molecular flexibility index (Phi) is 4.51. The minimum Gasteiger partial charge on any atom is -0.368 e. The monoisotopic (exact) mass is 318 g/mol. The standard InChI is InChI=1S/C16H18N2O3S/c1-12-3-7-14(8-4-12)18(11-16(17)19)22(20,21)15-9-5-13(2)6-10-15/h3-10H,11H2,1-2H3,(H2,17,19). The van der Waals surface area contributed by atoms with E-state index >= 15 is 0 Å². The topological polar surface area (TPSA) is 80.5 Å². The Morgan fingerprint density at radius 3 is 1.86 bits per heavy atom. The summed E-state index contributed by atoms with van der Waals surface area (Å²) in [6, 6.07) is 13.4. The zero-order valence-corrected chi connectivity index (χ0v) is 13.3. The smallest absolute Gasteiger partial charge is 0.264 e. The first-order chi connectivity index (χ1) is 10.3. The van der Waals surface area contributed by atoms with Crippen molar-refractivity contribution in [1.29, 1.82) is 0 Å². The Morgan fingerprint density at radius 2 is 1.41 bits per heavy atom. The summed E-state index contributed by atoms with van der Waals surface area (Å²) in [5.74, 6) is -0.712. The molecule has 0 aliphatic heterocycles. The van der Waals surface area contributed by atoms with Gasteiger partial charge < -0.3 is 5.73 Å². The van der Waals surface area contributed by atoms with E-state index in [9.17, 15) is 13.2 Å². The highest BCUT2D eigenvalue weighted by Crippen LogP contribution is 2.24. The average molecular weight is 318 g/mol. The number of primary amides is 1. The van der Waals surface area contributed by atoms with E-state index in [-0.39, 0.29) is 4.90 Å². The van der Waals surface area contributed by atoms with Crippen LogP contribution in [0.2, 0.25) is 0 Å². The van der Waals surface area contributed by atoms with Gasteiger partial charge in [0, 0.05) is 0 Å². The highest BCUT2D eigenvalue weighted by molar-refractivity contribution is 7.92. The molecular weight excluding hydrogens is 300 g/mol. The maximum atomic E-state index is 12.8.